The highest BCUT2D eigenvalue weighted by Crippen LogP contribution is 2.32. The summed E-state index contributed by atoms with van der Waals surface area (Å²) in [4.78, 5) is 36.2. The molecule has 2 aromatic heterocycles. The molecule has 0 spiro atoms. The average molecular weight is 371 g/mol. The number of fused-ring (bicyclic) bond motifs is 2. The van der Waals surface area contributed by atoms with Gasteiger partial charge in [-0.05, 0) is 44.9 Å². The number of carbonyl (C=O) groups excluding carboxylic acids is 2. The van der Waals surface area contributed by atoms with Crippen molar-refractivity contribution in [2.75, 3.05) is 7.11 Å². The standard InChI is InChI=1S/C20H21NO6/c1-9-8-26-17-11(3)18-14(6-13(9)17)10(2)15(20(24)27-18)7-16(22)21-12(4)19(23)25-5/h6,8,12H,7H2,1-5H3,(H,21,22). The molecule has 0 radical (unpaired) electrons. The van der Waals surface area contributed by atoms with E-state index >= 15 is 0 Å². The summed E-state index contributed by atoms with van der Waals surface area (Å²) in [6.07, 6.45) is 1.47. The van der Waals surface area contributed by atoms with Crippen LogP contribution in [0.5, 0.6) is 0 Å². The summed E-state index contributed by atoms with van der Waals surface area (Å²) >= 11 is 0. The summed E-state index contributed by atoms with van der Waals surface area (Å²) in [6, 6.07) is 1.11. The second-order valence-corrected chi connectivity index (χ2v) is 6.66. The van der Waals surface area contributed by atoms with E-state index in [4.69, 9.17) is 8.83 Å². The molecule has 0 fully saturated rings. The van der Waals surface area contributed by atoms with Gasteiger partial charge in [-0.1, -0.05) is 0 Å². The van der Waals surface area contributed by atoms with Crippen molar-refractivity contribution in [2.45, 2.75) is 40.2 Å². The highest BCUT2D eigenvalue weighted by atomic mass is 16.5. The molecule has 1 atom stereocenters. The van der Waals surface area contributed by atoms with Gasteiger partial charge in [0.05, 0.1) is 25.4 Å². The molecule has 0 bridgehead atoms. The highest BCUT2D eigenvalue weighted by Gasteiger charge is 2.21. The first-order valence-corrected chi connectivity index (χ1v) is 8.55. The molecule has 142 valence electrons. The van der Waals surface area contributed by atoms with Gasteiger partial charge in [-0.25, -0.2) is 9.59 Å². The van der Waals surface area contributed by atoms with Gasteiger partial charge in [-0.2, -0.15) is 0 Å². The van der Waals surface area contributed by atoms with Crippen molar-refractivity contribution in [3.8, 4) is 0 Å². The first kappa shape index (κ1) is 18.7. The minimum Gasteiger partial charge on any atom is -0.467 e. The normalized spacial score (nSPS) is 12.3. The fraction of sp³-hybridized carbons (Fsp3) is 0.350. The number of furan rings is 1. The predicted molar refractivity (Wildman–Crippen MR) is 99.8 cm³/mol. The lowest BCUT2D eigenvalue weighted by atomic mass is 9.99. The van der Waals surface area contributed by atoms with Gasteiger partial charge >= 0.3 is 11.6 Å². The predicted octanol–water partition coefficient (Wildman–Crippen LogP) is 2.68. The molecule has 3 rings (SSSR count). The summed E-state index contributed by atoms with van der Waals surface area (Å²) in [7, 11) is 1.24. The molecule has 7 heteroatoms. The largest absolute Gasteiger partial charge is 0.467 e. The molecular weight excluding hydrogens is 350 g/mol. The Balaban J connectivity index is 2.05. The number of esters is 1. The van der Waals surface area contributed by atoms with Crippen molar-refractivity contribution in [1.29, 1.82) is 0 Å². The third kappa shape index (κ3) is 3.20. The Morgan fingerprint density at radius 3 is 2.52 bits per heavy atom. The molecule has 0 saturated heterocycles. The number of rotatable bonds is 4. The van der Waals surface area contributed by atoms with Gasteiger partial charge in [0.15, 0.2) is 0 Å². The van der Waals surface area contributed by atoms with E-state index < -0.39 is 23.5 Å². The molecule has 1 amide bonds. The maximum absolute atomic E-state index is 12.5. The molecule has 1 unspecified atom stereocenters. The lowest BCUT2D eigenvalue weighted by Gasteiger charge is -2.13. The van der Waals surface area contributed by atoms with Crippen molar-refractivity contribution < 1.29 is 23.2 Å². The van der Waals surface area contributed by atoms with E-state index in [9.17, 15) is 14.4 Å². The quantitative estimate of drug-likeness (QED) is 0.559. The van der Waals surface area contributed by atoms with Crippen LogP contribution in [0.4, 0.5) is 0 Å². The van der Waals surface area contributed by atoms with Gasteiger partial charge in [-0.15, -0.1) is 0 Å². The van der Waals surface area contributed by atoms with Crippen LogP contribution < -0.4 is 10.9 Å². The van der Waals surface area contributed by atoms with Crippen LogP contribution in [-0.4, -0.2) is 25.0 Å². The van der Waals surface area contributed by atoms with Crippen LogP contribution in [0.25, 0.3) is 21.9 Å². The number of methoxy groups -OCH3 is 1. The number of carbonyl (C=O) groups is 2. The number of benzene rings is 1. The van der Waals surface area contributed by atoms with Crippen LogP contribution in [0.2, 0.25) is 0 Å². The number of hydrogen-bond donors (Lipinski definition) is 1. The molecule has 0 aliphatic heterocycles. The van der Waals surface area contributed by atoms with Crippen LogP contribution >= 0.6 is 0 Å². The Labute approximate surface area is 155 Å². The van der Waals surface area contributed by atoms with Gasteiger partial charge < -0.3 is 18.9 Å². The molecule has 2 heterocycles. The highest BCUT2D eigenvalue weighted by molar-refractivity contribution is 6.00. The van der Waals surface area contributed by atoms with Gasteiger partial charge in [0, 0.05) is 16.3 Å². The third-order valence-electron chi connectivity index (χ3n) is 4.80. The molecule has 0 aliphatic rings. The molecule has 7 nitrogen and oxygen atoms in total. The van der Waals surface area contributed by atoms with Crippen LogP contribution in [0.3, 0.4) is 0 Å². The smallest absolute Gasteiger partial charge is 0.340 e. The van der Waals surface area contributed by atoms with Gasteiger partial charge in [0.25, 0.3) is 0 Å². The number of hydrogen-bond acceptors (Lipinski definition) is 6. The summed E-state index contributed by atoms with van der Waals surface area (Å²) in [5.74, 6) is -1.01. The second kappa shape index (κ2) is 6.90. The minimum absolute atomic E-state index is 0.188. The maximum atomic E-state index is 12.5. The third-order valence-corrected chi connectivity index (χ3v) is 4.80. The van der Waals surface area contributed by atoms with E-state index in [1.807, 2.05) is 19.9 Å². The summed E-state index contributed by atoms with van der Waals surface area (Å²) in [5, 5.41) is 4.21. The van der Waals surface area contributed by atoms with E-state index in [1.165, 1.54) is 14.0 Å². The number of ether oxygens (including phenoxy) is 1. The van der Waals surface area contributed by atoms with Crippen molar-refractivity contribution in [3.63, 3.8) is 0 Å². The van der Waals surface area contributed by atoms with Crippen molar-refractivity contribution >= 4 is 33.8 Å². The monoisotopic (exact) mass is 371 g/mol. The lowest BCUT2D eigenvalue weighted by Crippen LogP contribution is -2.40. The number of nitrogens with one attached hydrogen (secondary N) is 1. The van der Waals surface area contributed by atoms with Crippen molar-refractivity contribution in [1.82, 2.24) is 5.32 Å². The molecule has 1 N–H and O–H groups in total. The Kier molecular flexibility index (Phi) is 4.78. The molecule has 1 aromatic carbocycles. The first-order chi connectivity index (χ1) is 12.7. The van der Waals surface area contributed by atoms with E-state index in [0.717, 1.165) is 21.9 Å². The fourth-order valence-corrected chi connectivity index (χ4v) is 3.21. The maximum Gasteiger partial charge on any atom is 0.340 e. The van der Waals surface area contributed by atoms with Crippen molar-refractivity contribution in [3.05, 3.63) is 45.0 Å². The van der Waals surface area contributed by atoms with Crippen LogP contribution in [0.15, 0.2) is 26.0 Å². The Morgan fingerprint density at radius 1 is 1.15 bits per heavy atom. The summed E-state index contributed by atoms with van der Waals surface area (Å²) < 4.78 is 15.7. The molecule has 3 aromatic rings. The van der Waals surface area contributed by atoms with E-state index in [2.05, 4.69) is 10.1 Å². The zero-order valence-electron chi connectivity index (χ0n) is 15.9. The van der Waals surface area contributed by atoms with Crippen LogP contribution in [-0.2, 0) is 20.7 Å². The van der Waals surface area contributed by atoms with Gasteiger partial charge in [-0.3, -0.25) is 4.79 Å². The SMILES string of the molecule is COC(=O)C(C)NC(=O)Cc1c(C)c2cc3c(C)coc3c(C)c2oc1=O. The number of amides is 1. The topological polar surface area (TPSA) is 98.8 Å². The molecule has 0 saturated carbocycles. The minimum atomic E-state index is -0.800. The summed E-state index contributed by atoms with van der Waals surface area (Å²) in [6.45, 7) is 7.07. The fourth-order valence-electron chi connectivity index (χ4n) is 3.21. The Bertz CT molecular complexity index is 1120. The van der Waals surface area contributed by atoms with Crippen LogP contribution in [0, 0.1) is 20.8 Å². The molecular formula is C20H21NO6. The van der Waals surface area contributed by atoms with Crippen LogP contribution in [0.1, 0.15) is 29.2 Å². The lowest BCUT2D eigenvalue weighted by molar-refractivity contribution is -0.144. The van der Waals surface area contributed by atoms with Crippen molar-refractivity contribution in [2.24, 2.45) is 0 Å². The second-order valence-electron chi connectivity index (χ2n) is 6.66. The van der Waals surface area contributed by atoms with Gasteiger partial charge in [0.2, 0.25) is 5.91 Å². The Morgan fingerprint density at radius 2 is 1.85 bits per heavy atom. The van der Waals surface area contributed by atoms with E-state index in [-0.39, 0.29) is 12.0 Å². The molecule has 0 aliphatic carbocycles. The van der Waals surface area contributed by atoms with Gasteiger partial charge in [0.1, 0.15) is 17.2 Å². The average Bonchev–Trinajstić information content (AvgIpc) is 3.00. The zero-order valence-corrected chi connectivity index (χ0v) is 15.9. The zero-order chi connectivity index (χ0) is 19.9. The summed E-state index contributed by atoms with van der Waals surface area (Å²) in [5.41, 5.74) is 3.21. The van der Waals surface area contributed by atoms with E-state index in [1.54, 1.807) is 13.2 Å². The molecule has 27 heavy (non-hydrogen) atoms. The Hall–Kier alpha value is -3.09. The van der Waals surface area contributed by atoms with E-state index in [0.29, 0.717) is 16.7 Å². The first-order valence-electron chi connectivity index (χ1n) is 8.55. The number of aryl methyl sites for hydroxylation is 3.